The van der Waals surface area contributed by atoms with Gasteiger partial charge in [-0.25, -0.2) is 13.6 Å². The Kier molecular flexibility index (Phi) is 4.91. The van der Waals surface area contributed by atoms with Gasteiger partial charge in [0.15, 0.2) is 0 Å². The van der Waals surface area contributed by atoms with E-state index in [2.05, 4.69) is 15.5 Å². The largest absolute Gasteiger partial charge is 0.324 e. The number of carbonyl (C=O) groups excluding carboxylic acids is 1. The lowest BCUT2D eigenvalue weighted by atomic mass is 10.0. The molecule has 0 spiro atoms. The fraction of sp³-hybridized carbons (Fsp3) is 0.182. The number of fused-ring (bicyclic) bond motifs is 1. The summed E-state index contributed by atoms with van der Waals surface area (Å²) in [6.07, 6.45) is 1.39. The third kappa shape index (κ3) is 3.71. The molecule has 0 atom stereocenters. The number of nitrogens with zero attached hydrogens (tertiary/aromatic N) is 4. The Hall–Kier alpha value is -3.81. The highest BCUT2D eigenvalue weighted by molar-refractivity contribution is 5.91. The van der Waals surface area contributed by atoms with Crippen molar-refractivity contribution in [2.45, 2.75) is 27.3 Å². The summed E-state index contributed by atoms with van der Waals surface area (Å²) in [6.45, 7) is 5.43. The third-order valence-corrected chi connectivity index (χ3v) is 4.93. The molecule has 30 heavy (non-hydrogen) atoms. The molecular formula is C22H20FN5O2. The zero-order chi connectivity index (χ0) is 21.4. The molecule has 1 N–H and O–H groups in total. The summed E-state index contributed by atoms with van der Waals surface area (Å²) in [7, 11) is 0. The smallest absolute Gasteiger partial charge is 0.293 e. The number of hydrogen-bond acceptors (Lipinski definition) is 4. The predicted molar refractivity (Wildman–Crippen MR) is 112 cm³/mol. The number of aryl methyl sites for hydroxylation is 3. The number of benzene rings is 2. The number of halogens is 1. The normalized spacial score (nSPS) is 11.1. The second kappa shape index (κ2) is 7.55. The van der Waals surface area contributed by atoms with Gasteiger partial charge in [-0.2, -0.15) is 10.2 Å². The standard InChI is InChI=1S/C22H20FN5O2/c1-13-4-5-14(2)17(8-13)19-10-20-22(30)27(24-12-28(20)26-19)11-21(29)25-18-9-16(23)7-6-15(18)3/h4-10,12H,11H2,1-3H3,(H,25,29). The van der Waals surface area contributed by atoms with Crippen molar-refractivity contribution in [3.8, 4) is 11.3 Å². The van der Waals surface area contributed by atoms with Gasteiger partial charge in [-0.05, 0) is 56.2 Å². The van der Waals surface area contributed by atoms with E-state index in [1.807, 2.05) is 32.0 Å². The Bertz CT molecular complexity index is 1340. The number of hydrogen-bond donors (Lipinski definition) is 1. The number of rotatable bonds is 4. The van der Waals surface area contributed by atoms with E-state index in [-0.39, 0.29) is 6.54 Å². The van der Waals surface area contributed by atoms with Gasteiger partial charge in [0.2, 0.25) is 5.91 Å². The fourth-order valence-corrected chi connectivity index (χ4v) is 3.25. The van der Waals surface area contributed by atoms with E-state index in [9.17, 15) is 14.0 Å². The summed E-state index contributed by atoms with van der Waals surface area (Å²) in [5.41, 5.74) is 4.68. The van der Waals surface area contributed by atoms with Crippen LogP contribution in [0.15, 0.2) is 53.6 Å². The maximum Gasteiger partial charge on any atom is 0.293 e. The monoisotopic (exact) mass is 405 g/mol. The van der Waals surface area contributed by atoms with Gasteiger partial charge in [-0.3, -0.25) is 9.59 Å². The lowest BCUT2D eigenvalue weighted by Gasteiger charge is -2.09. The molecule has 7 nitrogen and oxygen atoms in total. The summed E-state index contributed by atoms with van der Waals surface area (Å²) in [5, 5.41) is 11.1. The molecule has 2 heterocycles. The molecule has 0 aliphatic rings. The van der Waals surface area contributed by atoms with Crippen LogP contribution in [0.2, 0.25) is 0 Å². The van der Waals surface area contributed by atoms with Crippen LogP contribution in [0.4, 0.5) is 10.1 Å². The van der Waals surface area contributed by atoms with Crippen LogP contribution in [0.25, 0.3) is 16.8 Å². The van der Waals surface area contributed by atoms with Crippen molar-refractivity contribution in [1.82, 2.24) is 19.4 Å². The fourth-order valence-electron chi connectivity index (χ4n) is 3.25. The van der Waals surface area contributed by atoms with Gasteiger partial charge in [0.05, 0.1) is 5.69 Å². The Labute approximate surface area is 171 Å². The van der Waals surface area contributed by atoms with E-state index >= 15 is 0 Å². The zero-order valence-corrected chi connectivity index (χ0v) is 16.8. The minimum atomic E-state index is -0.475. The lowest BCUT2D eigenvalue weighted by molar-refractivity contribution is -0.117. The average molecular weight is 405 g/mol. The van der Waals surface area contributed by atoms with E-state index < -0.39 is 17.3 Å². The van der Waals surface area contributed by atoms with Crippen LogP contribution in [0.1, 0.15) is 16.7 Å². The molecule has 4 rings (SSSR count). The van der Waals surface area contributed by atoms with Gasteiger partial charge in [0.25, 0.3) is 5.56 Å². The van der Waals surface area contributed by atoms with Crippen LogP contribution in [0.5, 0.6) is 0 Å². The molecule has 0 aliphatic carbocycles. The van der Waals surface area contributed by atoms with Crippen molar-refractivity contribution in [2.75, 3.05) is 5.32 Å². The number of aromatic nitrogens is 4. The molecule has 0 radical (unpaired) electrons. The van der Waals surface area contributed by atoms with Crippen LogP contribution in [-0.4, -0.2) is 25.3 Å². The van der Waals surface area contributed by atoms with Crippen molar-refractivity contribution >= 4 is 17.1 Å². The molecule has 0 fully saturated rings. The first-order valence-electron chi connectivity index (χ1n) is 9.41. The summed E-state index contributed by atoms with van der Waals surface area (Å²) >= 11 is 0. The van der Waals surface area contributed by atoms with Gasteiger partial charge in [-0.15, -0.1) is 0 Å². The maximum atomic E-state index is 13.4. The first-order chi connectivity index (χ1) is 14.3. The predicted octanol–water partition coefficient (Wildman–Crippen LogP) is 3.26. The van der Waals surface area contributed by atoms with E-state index in [1.165, 1.54) is 23.0 Å². The third-order valence-electron chi connectivity index (χ3n) is 4.93. The molecule has 4 aromatic rings. The highest BCUT2D eigenvalue weighted by Crippen LogP contribution is 2.23. The topological polar surface area (TPSA) is 81.3 Å². The Balaban J connectivity index is 1.63. The van der Waals surface area contributed by atoms with Crippen molar-refractivity contribution in [1.29, 1.82) is 0 Å². The maximum absolute atomic E-state index is 13.4. The Morgan fingerprint density at radius 1 is 1.07 bits per heavy atom. The number of nitrogens with one attached hydrogen (secondary N) is 1. The van der Waals surface area contributed by atoms with E-state index in [4.69, 9.17) is 0 Å². The molecule has 1 amide bonds. The summed E-state index contributed by atoms with van der Waals surface area (Å²) in [5.74, 6) is -0.928. The highest BCUT2D eigenvalue weighted by atomic mass is 19.1. The molecule has 0 unspecified atom stereocenters. The molecule has 8 heteroatoms. The van der Waals surface area contributed by atoms with Crippen LogP contribution in [0.3, 0.4) is 0 Å². The Morgan fingerprint density at radius 3 is 2.63 bits per heavy atom. The van der Waals surface area contributed by atoms with E-state index in [0.29, 0.717) is 16.9 Å². The van der Waals surface area contributed by atoms with Crippen molar-refractivity contribution in [3.05, 3.63) is 81.7 Å². The minimum Gasteiger partial charge on any atom is -0.324 e. The number of amides is 1. The summed E-state index contributed by atoms with van der Waals surface area (Å²) in [6, 6.07) is 11.8. The first-order valence-corrected chi connectivity index (χ1v) is 9.41. The molecule has 0 aliphatic heterocycles. The van der Waals surface area contributed by atoms with Crippen molar-refractivity contribution in [3.63, 3.8) is 0 Å². The quantitative estimate of drug-likeness (QED) is 0.565. The second-order valence-electron chi connectivity index (χ2n) is 7.28. The van der Waals surface area contributed by atoms with Crippen molar-refractivity contribution < 1.29 is 9.18 Å². The average Bonchev–Trinajstić information content (AvgIpc) is 3.14. The van der Waals surface area contributed by atoms with Crippen molar-refractivity contribution in [2.24, 2.45) is 0 Å². The zero-order valence-electron chi connectivity index (χ0n) is 16.8. The van der Waals surface area contributed by atoms with Gasteiger partial charge >= 0.3 is 0 Å². The first kappa shape index (κ1) is 19.5. The number of carbonyl (C=O) groups is 1. The van der Waals surface area contributed by atoms with Crippen LogP contribution in [0, 0.1) is 26.6 Å². The molecule has 0 bridgehead atoms. The Morgan fingerprint density at radius 2 is 1.83 bits per heavy atom. The second-order valence-corrected chi connectivity index (χ2v) is 7.28. The van der Waals surface area contributed by atoms with Gasteiger partial charge in [0.1, 0.15) is 24.2 Å². The van der Waals surface area contributed by atoms with Crippen LogP contribution in [-0.2, 0) is 11.3 Å². The van der Waals surface area contributed by atoms with Gasteiger partial charge in [-0.1, -0.05) is 23.8 Å². The van der Waals surface area contributed by atoms with Crippen LogP contribution >= 0.6 is 0 Å². The molecule has 2 aromatic carbocycles. The molecule has 2 aromatic heterocycles. The lowest BCUT2D eigenvalue weighted by Crippen LogP contribution is -2.30. The molecule has 152 valence electrons. The van der Waals surface area contributed by atoms with Crippen LogP contribution < -0.4 is 10.9 Å². The SMILES string of the molecule is Cc1ccc(C)c(-c2cc3c(=O)n(CC(=O)Nc4cc(F)ccc4C)ncn3n2)c1. The van der Waals surface area contributed by atoms with E-state index in [1.54, 1.807) is 19.1 Å². The molecule has 0 saturated heterocycles. The summed E-state index contributed by atoms with van der Waals surface area (Å²) in [4.78, 5) is 25.2. The molecular weight excluding hydrogens is 385 g/mol. The minimum absolute atomic E-state index is 0.296. The summed E-state index contributed by atoms with van der Waals surface area (Å²) < 4.78 is 15.9. The highest BCUT2D eigenvalue weighted by Gasteiger charge is 2.14. The number of anilines is 1. The molecule has 0 saturated carbocycles. The van der Waals surface area contributed by atoms with E-state index in [0.717, 1.165) is 26.9 Å². The van der Waals surface area contributed by atoms with Gasteiger partial charge < -0.3 is 5.32 Å². The van der Waals surface area contributed by atoms with Gasteiger partial charge in [0, 0.05) is 11.3 Å².